The Balaban J connectivity index is 1.46. The largest absolute Gasteiger partial charge is 0.453 e. The van der Waals surface area contributed by atoms with Gasteiger partial charge in [-0.15, -0.1) is 0 Å². The molecule has 0 radical (unpaired) electrons. The van der Waals surface area contributed by atoms with Gasteiger partial charge in [0.15, 0.2) is 4.67 Å². The van der Waals surface area contributed by atoms with E-state index in [0.29, 0.717) is 0 Å². The molecule has 3 rings (SSSR count). The molecule has 1 unspecified atom stereocenters. The van der Waals surface area contributed by atoms with Crippen molar-refractivity contribution < 1.29 is 9.21 Å². The molecule has 1 atom stereocenters. The lowest BCUT2D eigenvalue weighted by atomic mass is 9.84. The number of urea groups is 1. The highest BCUT2D eigenvalue weighted by Gasteiger charge is 2.32. The first kappa shape index (κ1) is 15.9. The molecule has 0 aliphatic carbocycles. The molecule has 2 fully saturated rings. The minimum absolute atomic E-state index is 0.0647. The summed E-state index contributed by atoms with van der Waals surface area (Å²) in [5.41, 5.74) is 0. The van der Waals surface area contributed by atoms with E-state index in [-0.39, 0.29) is 6.03 Å². The fourth-order valence-corrected chi connectivity index (χ4v) is 4.12. The van der Waals surface area contributed by atoms with Crippen LogP contribution in [0.1, 0.15) is 25.0 Å². The molecular formula is C16H24BrN3O2. The number of likely N-dealkylation sites (tertiary alicyclic amines) is 2. The summed E-state index contributed by atoms with van der Waals surface area (Å²) in [5, 5.41) is 2.72. The second kappa shape index (κ2) is 7.04. The van der Waals surface area contributed by atoms with E-state index in [4.69, 9.17) is 4.42 Å². The highest BCUT2D eigenvalue weighted by molar-refractivity contribution is 9.10. The molecule has 2 aliphatic rings. The van der Waals surface area contributed by atoms with Gasteiger partial charge in [0, 0.05) is 26.7 Å². The third-order valence-electron chi connectivity index (χ3n) is 5.02. The minimum atomic E-state index is 0.0647. The molecule has 6 heteroatoms. The van der Waals surface area contributed by atoms with Crippen LogP contribution in [0.3, 0.4) is 0 Å². The monoisotopic (exact) mass is 369 g/mol. The zero-order valence-electron chi connectivity index (χ0n) is 13.1. The van der Waals surface area contributed by atoms with Crippen LogP contribution in [0.4, 0.5) is 4.79 Å². The summed E-state index contributed by atoms with van der Waals surface area (Å²) < 4.78 is 6.41. The third-order valence-corrected chi connectivity index (χ3v) is 5.45. The summed E-state index contributed by atoms with van der Waals surface area (Å²) in [6.07, 6.45) is 3.54. The molecule has 3 heterocycles. The van der Waals surface area contributed by atoms with Crippen molar-refractivity contribution in [1.82, 2.24) is 15.1 Å². The molecule has 1 N–H and O–H groups in total. The molecule has 2 amide bonds. The number of carbonyl (C=O) groups is 1. The Hall–Kier alpha value is -1.01. The maximum Gasteiger partial charge on any atom is 0.317 e. The summed E-state index contributed by atoms with van der Waals surface area (Å²) in [6.45, 7) is 5.00. The minimum Gasteiger partial charge on any atom is -0.453 e. The molecule has 122 valence electrons. The van der Waals surface area contributed by atoms with Gasteiger partial charge in [0.1, 0.15) is 5.76 Å². The van der Waals surface area contributed by atoms with Gasteiger partial charge in [-0.3, -0.25) is 4.90 Å². The Morgan fingerprint density at radius 3 is 2.64 bits per heavy atom. The van der Waals surface area contributed by atoms with Gasteiger partial charge in [-0.25, -0.2) is 4.79 Å². The fourth-order valence-electron chi connectivity index (χ4n) is 3.78. The van der Waals surface area contributed by atoms with E-state index in [1.54, 1.807) is 7.05 Å². The second-order valence-electron chi connectivity index (χ2n) is 6.37. The molecule has 22 heavy (non-hydrogen) atoms. The van der Waals surface area contributed by atoms with E-state index in [0.717, 1.165) is 67.8 Å². The summed E-state index contributed by atoms with van der Waals surface area (Å²) in [6, 6.07) is 4.06. The van der Waals surface area contributed by atoms with Crippen LogP contribution in [0.25, 0.3) is 0 Å². The Kier molecular flexibility index (Phi) is 5.08. The molecule has 0 aromatic carbocycles. The van der Waals surface area contributed by atoms with Crippen LogP contribution in [0, 0.1) is 11.8 Å². The Labute approximate surface area is 140 Å². The molecule has 1 aromatic heterocycles. The van der Waals surface area contributed by atoms with E-state index in [2.05, 4.69) is 26.1 Å². The number of furan rings is 1. The molecule has 2 saturated heterocycles. The summed E-state index contributed by atoms with van der Waals surface area (Å²) >= 11 is 3.36. The Morgan fingerprint density at radius 1 is 1.27 bits per heavy atom. The van der Waals surface area contributed by atoms with Crippen molar-refractivity contribution in [1.29, 1.82) is 0 Å². The lowest BCUT2D eigenvalue weighted by molar-refractivity contribution is 0.150. The quantitative estimate of drug-likeness (QED) is 0.890. The zero-order valence-corrected chi connectivity index (χ0v) is 14.6. The van der Waals surface area contributed by atoms with Crippen LogP contribution >= 0.6 is 15.9 Å². The number of rotatable bonds is 3. The van der Waals surface area contributed by atoms with Crippen molar-refractivity contribution in [3.8, 4) is 0 Å². The third kappa shape index (κ3) is 3.66. The topological polar surface area (TPSA) is 48.7 Å². The van der Waals surface area contributed by atoms with Gasteiger partial charge in [-0.05, 0) is 65.7 Å². The smallest absolute Gasteiger partial charge is 0.317 e. The van der Waals surface area contributed by atoms with Crippen molar-refractivity contribution in [3.63, 3.8) is 0 Å². The maximum absolute atomic E-state index is 11.6. The standard InChI is InChI=1S/C16H24BrN3O2/c1-18-16(21)20-8-5-12(6-9-20)13-4-7-19(10-13)11-14-2-3-15(17)22-14/h2-3,12-13H,4-11H2,1H3,(H,18,21). The van der Waals surface area contributed by atoms with Crippen LogP contribution in [0.5, 0.6) is 0 Å². The molecule has 1 aromatic rings. The first-order valence-corrected chi connectivity index (χ1v) is 8.88. The van der Waals surface area contributed by atoms with Gasteiger partial charge in [-0.2, -0.15) is 0 Å². The molecule has 2 aliphatic heterocycles. The van der Waals surface area contributed by atoms with Gasteiger partial charge in [-0.1, -0.05) is 0 Å². The van der Waals surface area contributed by atoms with Crippen LogP contribution < -0.4 is 5.32 Å². The second-order valence-corrected chi connectivity index (χ2v) is 7.15. The van der Waals surface area contributed by atoms with Gasteiger partial charge in [0.25, 0.3) is 0 Å². The van der Waals surface area contributed by atoms with E-state index in [1.165, 1.54) is 6.42 Å². The fraction of sp³-hybridized carbons (Fsp3) is 0.688. The van der Waals surface area contributed by atoms with Crippen molar-refractivity contribution in [2.24, 2.45) is 11.8 Å². The van der Waals surface area contributed by atoms with Crippen molar-refractivity contribution in [2.45, 2.75) is 25.8 Å². The Morgan fingerprint density at radius 2 is 2.00 bits per heavy atom. The highest BCUT2D eigenvalue weighted by atomic mass is 79.9. The Bertz CT molecular complexity index is 511. The number of hydrogen-bond acceptors (Lipinski definition) is 3. The van der Waals surface area contributed by atoms with Gasteiger partial charge in [0.2, 0.25) is 0 Å². The zero-order chi connectivity index (χ0) is 15.5. The van der Waals surface area contributed by atoms with Crippen molar-refractivity contribution in [2.75, 3.05) is 33.2 Å². The number of nitrogens with one attached hydrogen (secondary N) is 1. The normalized spacial score (nSPS) is 23.9. The summed E-state index contributed by atoms with van der Waals surface area (Å²) in [7, 11) is 1.70. The van der Waals surface area contributed by atoms with Crippen LogP contribution in [0.2, 0.25) is 0 Å². The summed E-state index contributed by atoms with van der Waals surface area (Å²) in [4.78, 5) is 16.1. The van der Waals surface area contributed by atoms with Crippen molar-refractivity contribution in [3.05, 3.63) is 22.6 Å². The first-order valence-electron chi connectivity index (χ1n) is 8.09. The summed E-state index contributed by atoms with van der Waals surface area (Å²) in [5.74, 6) is 2.56. The number of halogens is 1. The van der Waals surface area contributed by atoms with Crippen molar-refractivity contribution >= 4 is 22.0 Å². The van der Waals surface area contributed by atoms with Crippen LogP contribution in [-0.4, -0.2) is 49.1 Å². The van der Waals surface area contributed by atoms with E-state index >= 15 is 0 Å². The predicted molar refractivity (Wildman–Crippen MR) is 88.5 cm³/mol. The predicted octanol–water partition coefficient (Wildman–Crippen LogP) is 2.92. The lowest BCUT2D eigenvalue weighted by Gasteiger charge is -2.34. The average molecular weight is 370 g/mol. The SMILES string of the molecule is CNC(=O)N1CCC(C2CCN(Cc3ccc(Br)o3)C2)CC1. The molecular weight excluding hydrogens is 346 g/mol. The molecule has 0 saturated carbocycles. The number of nitrogens with zero attached hydrogens (tertiary/aromatic N) is 2. The van der Waals surface area contributed by atoms with Gasteiger partial charge >= 0.3 is 6.03 Å². The van der Waals surface area contributed by atoms with E-state index in [1.807, 2.05) is 17.0 Å². The van der Waals surface area contributed by atoms with Gasteiger partial charge < -0.3 is 14.6 Å². The number of hydrogen-bond donors (Lipinski definition) is 1. The van der Waals surface area contributed by atoms with Gasteiger partial charge in [0.05, 0.1) is 6.54 Å². The number of piperidine rings is 1. The first-order chi connectivity index (χ1) is 10.7. The van der Waals surface area contributed by atoms with Crippen LogP contribution in [0.15, 0.2) is 21.2 Å². The molecule has 5 nitrogen and oxygen atoms in total. The van der Waals surface area contributed by atoms with E-state index in [9.17, 15) is 4.79 Å². The lowest BCUT2D eigenvalue weighted by Crippen LogP contribution is -2.44. The number of carbonyl (C=O) groups excluding carboxylic acids is 1. The highest BCUT2D eigenvalue weighted by Crippen LogP contribution is 2.32. The van der Waals surface area contributed by atoms with Crippen LogP contribution in [-0.2, 0) is 6.54 Å². The maximum atomic E-state index is 11.6. The van der Waals surface area contributed by atoms with E-state index < -0.39 is 0 Å². The molecule has 0 bridgehead atoms. The number of amides is 2. The average Bonchev–Trinajstić information content (AvgIpc) is 3.16. The molecule has 0 spiro atoms.